The van der Waals surface area contributed by atoms with Crippen LogP contribution in [0.4, 0.5) is 0 Å². The fourth-order valence-electron chi connectivity index (χ4n) is 3.30. The number of nitrogens with one attached hydrogen (secondary N) is 1. The van der Waals surface area contributed by atoms with Crippen LogP contribution in [-0.2, 0) is 0 Å². The molecule has 3 aromatic rings. The van der Waals surface area contributed by atoms with Gasteiger partial charge < -0.3 is 9.32 Å². The lowest BCUT2D eigenvalue weighted by Crippen LogP contribution is -2.37. The van der Waals surface area contributed by atoms with Crippen molar-refractivity contribution in [1.29, 1.82) is 0 Å². The number of rotatable bonds is 3. The van der Waals surface area contributed by atoms with E-state index in [2.05, 4.69) is 15.2 Å². The van der Waals surface area contributed by atoms with Crippen molar-refractivity contribution in [1.82, 2.24) is 20.1 Å². The highest BCUT2D eigenvalue weighted by molar-refractivity contribution is 5.91. The first-order valence-electron chi connectivity index (χ1n) is 8.09. The fraction of sp³-hybridized carbons (Fsp3) is 0.278. The van der Waals surface area contributed by atoms with E-state index in [0.29, 0.717) is 11.7 Å². The minimum absolute atomic E-state index is 0.0302. The number of aromatic amines is 1. The Morgan fingerprint density at radius 2 is 2.00 bits per heavy atom. The van der Waals surface area contributed by atoms with Gasteiger partial charge in [0.15, 0.2) is 5.76 Å². The van der Waals surface area contributed by atoms with Crippen LogP contribution in [0.1, 0.15) is 35.0 Å². The van der Waals surface area contributed by atoms with Crippen molar-refractivity contribution in [3.63, 3.8) is 0 Å². The molecule has 0 saturated carbocycles. The van der Waals surface area contributed by atoms with Crippen LogP contribution in [0.25, 0.3) is 11.1 Å². The molecule has 1 saturated heterocycles. The van der Waals surface area contributed by atoms with E-state index in [1.165, 1.54) is 6.26 Å². The number of carbonyl (C=O) groups is 1. The average molecular weight is 322 g/mol. The lowest BCUT2D eigenvalue weighted by atomic mass is 9.89. The molecule has 3 aromatic heterocycles. The molecule has 0 spiro atoms. The molecule has 6 heteroatoms. The Balaban J connectivity index is 1.47. The molecule has 0 aliphatic carbocycles. The summed E-state index contributed by atoms with van der Waals surface area (Å²) in [4.78, 5) is 18.3. The summed E-state index contributed by atoms with van der Waals surface area (Å²) in [6.07, 6.45) is 8.80. The molecular weight excluding hydrogens is 304 g/mol. The molecule has 1 aliphatic heterocycles. The summed E-state index contributed by atoms with van der Waals surface area (Å²) in [6.45, 7) is 1.44. The van der Waals surface area contributed by atoms with Crippen LogP contribution in [0.3, 0.4) is 0 Å². The predicted molar refractivity (Wildman–Crippen MR) is 88.4 cm³/mol. The molecular formula is C18H18N4O2. The lowest BCUT2D eigenvalue weighted by Gasteiger charge is -2.31. The standard InChI is InChI=1S/C18H18N4O2/c23-18(16-2-1-11-24-16)22-9-5-14(6-10-22)17-15(12-20-21-17)13-3-7-19-8-4-13/h1-4,7-8,11-12,14H,5-6,9-10H2,(H,20,21). The number of hydrogen-bond donors (Lipinski definition) is 1. The van der Waals surface area contributed by atoms with Gasteiger partial charge in [0.25, 0.3) is 5.91 Å². The topological polar surface area (TPSA) is 75.0 Å². The molecule has 122 valence electrons. The van der Waals surface area contributed by atoms with Gasteiger partial charge in [-0.15, -0.1) is 0 Å². The molecule has 6 nitrogen and oxygen atoms in total. The van der Waals surface area contributed by atoms with E-state index in [4.69, 9.17) is 4.42 Å². The molecule has 1 fully saturated rings. The Labute approximate surface area is 139 Å². The number of amides is 1. The minimum atomic E-state index is -0.0302. The zero-order valence-corrected chi connectivity index (χ0v) is 13.2. The van der Waals surface area contributed by atoms with E-state index >= 15 is 0 Å². The van der Waals surface area contributed by atoms with Crippen molar-refractivity contribution in [2.75, 3.05) is 13.1 Å². The SMILES string of the molecule is O=C(c1ccco1)N1CCC(c2[nH]ncc2-c2ccncc2)CC1. The fourth-order valence-corrected chi connectivity index (χ4v) is 3.30. The summed E-state index contributed by atoms with van der Waals surface area (Å²) in [5.41, 5.74) is 3.38. The van der Waals surface area contributed by atoms with Crippen LogP contribution >= 0.6 is 0 Å². The summed E-state index contributed by atoms with van der Waals surface area (Å²) in [7, 11) is 0. The molecule has 0 bridgehead atoms. The maximum atomic E-state index is 12.3. The Morgan fingerprint density at radius 3 is 2.71 bits per heavy atom. The third kappa shape index (κ3) is 2.71. The van der Waals surface area contributed by atoms with Crippen molar-refractivity contribution in [3.8, 4) is 11.1 Å². The first kappa shape index (κ1) is 14.7. The van der Waals surface area contributed by atoms with Crippen LogP contribution in [0.2, 0.25) is 0 Å². The maximum absolute atomic E-state index is 12.3. The molecule has 0 radical (unpaired) electrons. The van der Waals surface area contributed by atoms with Gasteiger partial charge in [-0.25, -0.2) is 0 Å². The Kier molecular flexibility index (Phi) is 3.86. The maximum Gasteiger partial charge on any atom is 0.289 e. The van der Waals surface area contributed by atoms with Gasteiger partial charge >= 0.3 is 0 Å². The smallest absolute Gasteiger partial charge is 0.289 e. The van der Waals surface area contributed by atoms with Gasteiger partial charge in [0.2, 0.25) is 0 Å². The Morgan fingerprint density at radius 1 is 1.21 bits per heavy atom. The molecule has 0 atom stereocenters. The van der Waals surface area contributed by atoms with Gasteiger partial charge in [-0.1, -0.05) is 0 Å². The van der Waals surface area contributed by atoms with E-state index < -0.39 is 0 Å². The molecule has 4 rings (SSSR count). The highest BCUT2D eigenvalue weighted by Gasteiger charge is 2.28. The van der Waals surface area contributed by atoms with Crippen molar-refractivity contribution >= 4 is 5.91 Å². The van der Waals surface area contributed by atoms with E-state index in [-0.39, 0.29) is 5.91 Å². The summed E-state index contributed by atoms with van der Waals surface area (Å²) in [5, 5.41) is 7.38. The van der Waals surface area contributed by atoms with Gasteiger partial charge in [-0.2, -0.15) is 5.10 Å². The summed E-state index contributed by atoms with van der Waals surface area (Å²) in [6, 6.07) is 7.43. The van der Waals surface area contributed by atoms with Crippen molar-refractivity contribution in [2.24, 2.45) is 0 Å². The zero-order chi connectivity index (χ0) is 16.4. The van der Waals surface area contributed by atoms with E-state index in [0.717, 1.165) is 42.8 Å². The van der Waals surface area contributed by atoms with E-state index in [1.807, 2.05) is 23.2 Å². The summed E-state index contributed by atoms with van der Waals surface area (Å²) < 4.78 is 5.21. The number of piperidine rings is 1. The largest absolute Gasteiger partial charge is 0.459 e. The van der Waals surface area contributed by atoms with Gasteiger partial charge in [0.1, 0.15) is 0 Å². The molecule has 1 amide bonds. The van der Waals surface area contributed by atoms with Gasteiger partial charge in [0, 0.05) is 42.7 Å². The first-order chi connectivity index (χ1) is 11.8. The number of likely N-dealkylation sites (tertiary alicyclic amines) is 1. The van der Waals surface area contributed by atoms with E-state index in [1.54, 1.807) is 24.5 Å². The van der Waals surface area contributed by atoms with Crippen molar-refractivity contribution in [2.45, 2.75) is 18.8 Å². The number of hydrogen-bond acceptors (Lipinski definition) is 4. The monoisotopic (exact) mass is 322 g/mol. The second-order valence-electron chi connectivity index (χ2n) is 5.98. The normalized spacial score (nSPS) is 15.6. The summed E-state index contributed by atoms with van der Waals surface area (Å²) in [5.74, 6) is 0.751. The first-order valence-corrected chi connectivity index (χ1v) is 8.09. The van der Waals surface area contributed by atoms with Crippen molar-refractivity contribution in [3.05, 3.63) is 60.6 Å². The van der Waals surface area contributed by atoms with Gasteiger partial charge in [-0.05, 0) is 42.7 Å². The summed E-state index contributed by atoms with van der Waals surface area (Å²) >= 11 is 0. The number of nitrogens with zero attached hydrogens (tertiary/aromatic N) is 3. The van der Waals surface area contributed by atoms with E-state index in [9.17, 15) is 4.79 Å². The quantitative estimate of drug-likeness (QED) is 0.804. The molecule has 1 aliphatic rings. The van der Waals surface area contributed by atoms with Gasteiger partial charge in [-0.3, -0.25) is 14.9 Å². The number of aromatic nitrogens is 3. The number of carbonyl (C=O) groups excluding carboxylic acids is 1. The third-order valence-electron chi connectivity index (χ3n) is 4.58. The minimum Gasteiger partial charge on any atom is -0.459 e. The highest BCUT2D eigenvalue weighted by Crippen LogP contribution is 2.33. The second kappa shape index (κ2) is 6.31. The average Bonchev–Trinajstić information content (AvgIpc) is 3.34. The van der Waals surface area contributed by atoms with Gasteiger partial charge in [0.05, 0.1) is 12.5 Å². The van der Waals surface area contributed by atoms with Crippen molar-refractivity contribution < 1.29 is 9.21 Å². The molecule has 0 aromatic carbocycles. The van der Waals surface area contributed by atoms with Crippen LogP contribution in [-0.4, -0.2) is 39.1 Å². The third-order valence-corrected chi connectivity index (χ3v) is 4.58. The zero-order valence-electron chi connectivity index (χ0n) is 13.2. The highest BCUT2D eigenvalue weighted by atomic mass is 16.3. The number of furan rings is 1. The number of pyridine rings is 1. The van der Waals surface area contributed by atoms with Crippen LogP contribution in [0.15, 0.2) is 53.5 Å². The number of H-pyrrole nitrogens is 1. The van der Waals surface area contributed by atoms with Crippen LogP contribution in [0, 0.1) is 0 Å². The van der Waals surface area contributed by atoms with Crippen LogP contribution < -0.4 is 0 Å². The molecule has 0 unspecified atom stereocenters. The lowest BCUT2D eigenvalue weighted by molar-refractivity contribution is 0.0680. The second-order valence-corrected chi connectivity index (χ2v) is 5.98. The van der Waals surface area contributed by atoms with Crippen LogP contribution in [0.5, 0.6) is 0 Å². The molecule has 24 heavy (non-hydrogen) atoms. The molecule has 4 heterocycles. The molecule has 1 N–H and O–H groups in total. The predicted octanol–water partition coefficient (Wildman–Crippen LogP) is 3.08. The Bertz CT molecular complexity index is 803. The Hall–Kier alpha value is -2.89.